The standard InChI is InChI=1S/C22H16N2O6/c1-13-3-5-14(6-4-13)21-23-18(22(25)30-21)12-16-8-10-20(29-16)17-11-15(24(26)27)7-9-19(17)28-2/h3-12H,1-2H3/b18-12+. The van der Waals surface area contributed by atoms with Crippen molar-refractivity contribution in [1.82, 2.24) is 0 Å². The number of benzene rings is 2. The molecule has 1 aromatic heterocycles. The van der Waals surface area contributed by atoms with Crippen molar-refractivity contribution < 1.29 is 23.6 Å². The molecule has 3 aromatic rings. The normalized spacial score (nSPS) is 14.5. The second kappa shape index (κ2) is 7.67. The van der Waals surface area contributed by atoms with Gasteiger partial charge in [0.05, 0.1) is 17.6 Å². The molecule has 1 aliphatic rings. The minimum atomic E-state index is -0.587. The van der Waals surface area contributed by atoms with E-state index >= 15 is 0 Å². The number of nitro groups is 1. The molecule has 0 fully saturated rings. The molecule has 0 saturated carbocycles. The summed E-state index contributed by atoms with van der Waals surface area (Å²) in [4.78, 5) is 27.0. The van der Waals surface area contributed by atoms with Gasteiger partial charge in [-0.05, 0) is 37.3 Å². The molecule has 0 unspecified atom stereocenters. The number of furan rings is 1. The van der Waals surface area contributed by atoms with Crippen LogP contribution >= 0.6 is 0 Å². The number of nitrogens with zero attached hydrogens (tertiary/aromatic N) is 2. The molecule has 2 heterocycles. The number of non-ortho nitro benzene ring substituents is 1. The molecule has 4 rings (SSSR count). The number of carbonyl (C=O) groups is 1. The highest BCUT2D eigenvalue weighted by Crippen LogP contribution is 2.35. The van der Waals surface area contributed by atoms with Crippen molar-refractivity contribution in [2.75, 3.05) is 7.11 Å². The molecule has 2 aromatic carbocycles. The van der Waals surface area contributed by atoms with Crippen molar-refractivity contribution in [2.24, 2.45) is 4.99 Å². The molecule has 0 spiro atoms. The summed E-state index contributed by atoms with van der Waals surface area (Å²) in [7, 11) is 1.46. The van der Waals surface area contributed by atoms with Crippen LogP contribution in [-0.4, -0.2) is 23.9 Å². The lowest BCUT2D eigenvalue weighted by Crippen LogP contribution is -2.05. The summed E-state index contributed by atoms with van der Waals surface area (Å²) in [6.07, 6.45) is 1.46. The number of esters is 1. The van der Waals surface area contributed by atoms with Crippen LogP contribution in [-0.2, 0) is 9.53 Å². The van der Waals surface area contributed by atoms with Crippen LogP contribution in [0.5, 0.6) is 5.75 Å². The van der Waals surface area contributed by atoms with Gasteiger partial charge in [-0.3, -0.25) is 10.1 Å². The zero-order valence-corrected chi connectivity index (χ0v) is 16.1. The summed E-state index contributed by atoms with van der Waals surface area (Å²) in [6.45, 7) is 1.96. The summed E-state index contributed by atoms with van der Waals surface area (Å²) < 4.78 is 16.3. The van der Waals surface area contributed by atoms with Crippen molar-refractivity contribution in [3.8, 4) is 17.1 Å². The lowest BCUT2D eigenvalue weighted by atomic mass is 10.1. The zero-order valence-electron chi connectivity index (χ0n) is 16.1. The number of hydrogen-bond acceptors (Lipinski definition) is 7. The lowest BCUT2D eigenvalue weighted by Gasteiger charge is -2.05. The first-order valence-corrected chi connectivity index (χ1v) is 8.97. The van der Waals surface area contributed by atoms with Gasteiger partial charge in [0, 0.05) is 23.8 Å². The van der Waals surface area contributed by atoms with Crippen molar-refractivity contribution in [3.63, 3.8) is 0 Å². The van der Waals surface area contributed by atoms with Gasteiger partial charge in [-0.15, -0.1) is 0 Å². The Balaban J connectivity index is 1.65. The van der Waals surface area contributed by atoms with Crippen LogP contribution in [0.3, 0.4) is 0 Å². The third-order valence-electron chi connectivity index (χ3n) is 4.48. The topological polar surface area (TPSA) is 104 Å². The number of rotatable bonds is 5. The zero-order chi connectivity index (χ0) is 21.3. The SMILES string of the molecule is COc1ccc([N+](=O)[O-])cc1-c1ccc(/C=C2/N=C(c3ccc(C)cc3)OC2=O)o1. The van der Waals surface area contributed by atoms with E-state index in [1.165, 1.54) is 31.4 Å². The number of aliphatic imine (C=N–C) groups is 1. The van der Waals surface area contributed by atoms with Crippen LogP contribution < -0.4 is 4.74 Å². The molecule has 1 aliphatic heterocycles. The lowest BCUT2D eigenvalue weighted by molar-refractivity contribution is -0.384. The number of methoxy groups -OCH3 is 1. The van der Waals surface area contributed by atoms with Gasteiger partial charge in [0.1, 0.15) is 17.3 Å². The van der Waals surface area contributed by atoms with E-state index in [4.69, 9.17) is 13.9 Å². The minimum absolute atomic E-state index is 0.0891. The van der Waals surface area contributed by atoms with Gasteiger partial charge in [-0.2, -0.15) is 0 Å². The van der Waals surface area contributed by atoms with E-state index in [0.717, 1.165) is 5.56 Å². The van der Waals surface area contributed by atoms with Crippen LogP contribution in [0.4, 0.5) is 5.69 Å². The molecule has 0 atom stereocenters. The van der Waals surface area contributed by atoms with E-state index in [1.54, 1.807) is 12.1 Å². The number of cyclic esters (lactones) is 1. The van der Waals surface area contributed by atoms with Gasteiger partial charge in [0.25, 0.3) is 5.69 Å². The monoisotopic (exact) mass is 404 g/mol. The van der Waals surface area contributed by atoms with Gasteiger partial charge in [-0.1, -0.05) is 17.7 Å². The average molecular weight is 404 g/mol. The van der Waals surface area contributed by atoms with E-state index in [9.17, 15) is 14.9 Å². The smallest absolute Gasteiger partial charge is 0.363 e. The number of carbonyl (C=O) groups excluding carboxylic acids is 1. The van der Waals surface area contributed by atoms with Crippen molar-refractivity contribution in [1.29, 1.82) is 0 Å². The molecule has 30 heavy (non-hydrogen) atoms. The number of ether oxygens (including phenoxy) is 2. The Morgan fingerprint density at radius 3 is 2.57 bits per heavy atom. The Hall–Kier alpha value is -4.20. The molecule has 0 saturated heterocycles. The Kier molecular flexibility index (Phi) is 4.89. The maximum Gasteiger partial charge on any atom is 0.363 e. The summed E-state index contributed by atoms with van der Waals surface area (Å²) >= 11 is 0. The molecule has 8 heteroatoms. The Labute approximate surface area is 171 Å². The summed E-state index contributed by atoms with van der Waals surface area (Å²) in [5.41, 5.74) is 2.21. The highest BCUT2D eigenvalue weighted by atomic mass is 16.6. The summed E-state index contributed by atoms with van der Waals surface area (Å²) in [5, 5.41) is 11.1. The van der Waals surface area contributed by atoms with E-state index in [2.05, 4.69) is 4.99 Å². The van der Waals surface area contributed by atoms with E-state index in [0.29, 0.717) is 28.4 Å². The predicted molar refractivity (Wildman–Crippen MR) is 109 cm³/mol. The largest absolute Gasteiger partial charge is 0.496 e. The van der Waals surface area contributed by atoms with Gasteiger partial charge in [0.2, 0.25) is 5.90 Å². The van der Waals surface area contributed by atoms with Crippen molar-refractivity contribution in [3.05, 3.63) is 87.3 Å². The number of hydrogen-bond donors (Lipinski definition) is 0. The average Bonchev–Trinajstić information content (AvgIpc) is 3.35. The van der Waals surface area contributed by atoms with Gasteiger partial charge >= 0.3 is 5.97 Å². The molecular formula is C22H16N2O6. The third kappa shape index (κ3) is 3.70. The van der Waals surface area contributed by atoms with Crippen molar-refractivity contribution >= 4 is 23.6 Å². The van der Waals surface area contributed by atoms with Crippen LogP contribution in [0.25, 0.3) is 17.4 Å². The van der Waals surface area contributed by atoms with Gasteiger partial charge < -0.3 is 13.9 Å². The van der Waals surface area contributed by atoms with Crippen molar-refractivity contribution in [2.45, 2.75) is 6.92 Å². The second-order valence-electron chi connectivity index (χ2n) is 6.55. The molecule has 0 radical (unpaired) electrons. The Morgan fingerprint density at radius 2 is 1.87 bits per heavy atom. The third-order valence-corrected chi connectivity index (χ3v) is 4.48. The summed E-state index contributed by atoms with van der Waals surface area (Å²) in [6, 6.07) is 14.9. The fourth-order valence-corrected chi connectivity index (χ4v) is 2.94. The molecule has 0 aliphatic carbocycles. The quantitative estimate of drug-likeness (QED) is 0.268. The first kappa shape index (κ1) is 19.1. The minimum Gasteiger partial charge on any atom is -0.496 e. The Morgan fingerprint density at radius 1 is 1.10 bits per heavy atom. The predicted octanol–water partition coefficient (Wildman–Crippen LogP) is 4.52. The summed E-state index contributed by atoms with van der Waals surface area (Å²) in [5.74, 6) is 0.764. The maximum absolute atomic E-state index is 12.2. The molecule has 150 valence electrons. The van der Waals surface area contributed by atoms with Crippen LogP contribution in [0, 0.1) is 17.0 Å². The maximum atomic E-state index is 12.2. The molecule has 8 nitrogen and oxygen atoms in total. The van der Waals surface area contributed by atoms with Crippen LogP contribution in [0.15, 0.2) is 69.7 Å². The number of nitro benzene ring substituents is 1. The highest BCUT2D eigenvalue weighted by Gasteiger charge is 2.25. The first-order chi connectivity index (χ1) is 14.4. The highest BCUT2D eigenvalue weighted by molar-refractivity contribution is 6.12. The molecule has 0 amide bonds. The first-order valence-electron chi connectivity index (χ1n) is 8.97. The van der Waals surface area contributed by atoms with E-state index < -0.39 is 10.9 Å². The van der Waals surface area contributed by atoms with Gasteiger partial charge in [-0.25, -0.2) is 9.79 Å². The molecular weight excluding hydrogens is 388 g/mol. The second-order valence-corrected chi connectivity index (χ2v) is 6.55. The fraction of sp³-hybridized carbons (Fsp3) is 0.0909. The fourth-order valence-electron chi connectivity index (χ4n) is 2.94. The molecule has 0 N–H and O–H groups in total. The van der Waals surface area contributed by atoms with E-state index in [1.807, 2.05) is 31.2 Å². The number of aryl methyl sites for hydroxylation is 1. The molecule has 0 bridgehead atoms. The van der Waals surface area contributed by atoms with Crippen LogP contribution in [0.2, 0.25) is 0 Å². The van der Waals surface area contributed by atoms with Gasteiger partial charge in [0.15, 0.2) is 5.70 Å². The van der Waals surface area contributed by atoms with E-state index in [-0.39, 0.29) is 17.3 Å². The Bertz CT molecular complexity index is 1200. The van der Waals surface area contributed by atoms with Crippen LogP contribution in [0.1, 0.15) is 16.9 Å².